The van der Waals surface area contributed by atoms with E-state index in [9.17, 15) is 18.3 Å². The molecule has 0 unspecified atom stereocenters. The van der Waals surface area contributed by atoms with Crippen molar-refractivity contribution in [2.24, 2.45) is 0 Å². The first-order valence-corrected chi connectivity index (χ1v) is 11.4. The molecule has 1 amide bonds. The number of amides is 1. The fraction of sp³-hybridized carbons (Fsp3) is 0.125. The van der Waals surface area contributed by atoms with Gasteiger partial charge < -0.3 is 19.5 Å². The molecule has 0 saturated carbocycles. The van der Waals surface area contributed by atoms with Crippen LogP contribution in [-0.2, 0) is 21.2 Å². The molecule has 0 bridgehead atoms. The first kappa shape index (κ1) is 20.1. The number of hydrogen-bond donors (Lipinski definition) is 1. The van der Waals surface area contributed by atoms with E-state index >= 15 is 0 Å². The number of aliphatic hydroxyl groups excluding tert-OH is 1. The second kappa shape index (κ2) is 7.72. The van der Waals surface area contributed by atoms with Crippen molar-refractivity contribution in [2.45, 2.75) is 17.5 Å². The lowest BCUT2D eigenvalue weighted by molar-refractivity contribution is -0.130. The van der Waals surface area contributed by atoms with Gasteiger partial charge in [-0.05, 0) is 35.4 Å². The van der Waals surface area contributed by atoms with E-state index in [1.807, 2.05) is 0 Å². The third-order valence-electron chi connectivity index (χ3n) is 5.51. The predicted molar refractivity (Wildman–Crippen MR) is 116 cm³/mol. The molecule has 0 fully saturated rings. The maximum atomic E-state index is 13.5. The summed E-state index contributed by atoms with van der Waals surface area (Å²) in [7, 11) is -4.13. The number of hydrogen-bond acceptors (Lipinski definition) is 6. The lowest BCUT2D eigenvalue weighted by atomic mass is 10.1. The van der Waals surface area contributed by atoms with Crippen molar-refractivity contribution in [1.29, 1.82) is 0 Å². The van der Waals surface area contributed by atoms with Crippen LogP contribution in [0.4, 0.5) is 0 Å². The van der Waals surface area contributed by atoms with Crippen LogP contribution in [0.25, 0.3) is 0 Å². The van der Waals surface area contributed by atoms with Gasteiger partial charge in [-0.3, -0.25) is 4.79 Å². The fourth-order valence-electron chi connectivity index (χ4n) is 4.00. The zero-order valence-electron chi connectivity index (χ0n) is 16.8. The van der Waals surface area contributed by atoms with Gasteiger partial charge in [-0.15, -0.1) is 0 Å². The van der Waals surface area contributed by atoms with Gasteiger partial charge in [0.15, 0.2) is 17.3 Å². The summed E-state index contributed by atoms with van der Waals surface area (Å²) in [5.41, 5.74) is 1.30. The Bertz CT molecular complexity index is 1320. The molecule has 5 rings (SSSR count). The molecule has 32 heavy (non-hydrogen) atoms. The normalized spacial score (nSPS) is 17.8. The van der Waals surface area contributed by atoms with Crippen LogP contribution in [0.3, 0.4) is 0 Å². The Morgan fingerprint density at radius 2 is 1.56 bits per heavy atom. The molecule has 3 aromatic rings. The van der Waals surface area contributed by atoms with Gasteiger partial charge in [0.2, 0.25) is 16.6 Å². The zero-order chi connectivity index (χ0) is 22.3. The molecule has 7 nitrogen and oxygen atoms in total. The highest BCUT2D eigenvalue weighted by molar-refractivity contribution is 7.95. The van der Waals surface area contributed by atoms with Gasteiger partial charge in [0, 0.05) is 6.54 Å². The van der Waals surface area contributed by atoms with E-state index in [0.29, 0.717) is 17.1 Å². The summed E-state index contributed by atoms with van der Waals surface area (Å²) >= 11 is 0. The number of rotatable bonds is 5. The van der Waals surface area contributed by atoms with Crippen LogP contribution in [-0.4, -0.2) is 31.1 Å². The number of aliphatic hydroxyl groups is 1. The van der Waals surface area contributed by atoms with Crippen molar-refractivity contribution in [3.05, 3.63) is 101 Å². The minimum atomic E-state index is -4.13. The van der Waals surface area contributed by atoms with E-state index in [0.717, 1.165) is 5.56 Å². The lowest BCUT2D eigenvalue weighted by Crippen LogP contribution is -2.30. The molecule has 0 saturated heterocycles. The molecule has 162 valence electrons. The summed E-state index contributed by atoms with van der Waals surface area (Å²) in [5, 5.41) is 10.8. The van der Waals surface area contributed by atoms with Gasteiger partial charge in [-0.25, -0.2) is 8.42 Å². The van der Waals surface area contributed by atoms with Gasteiger partial charge in [0.05, 0.1) is 10.9 Å². The molecule has 1 atom stereocenters. The van der Waals surface area contributed by atoms with Crippen molar-refractivity contribution in [2.75, 3.05) is 6.79 Å². The summed E-state index contributed by atoms with van der Waals surface area (Å²) < 4.78 is 37.7. The first-order chi connectivity index (χ1) is 15.5. The molecule has 2 aliphatic heterocycles. The van der Waals surface area contributed by atoms with Crippen LogP contribution in [0.5, 0.6) is 11.5 Å². The van der Waals surface area contributed by atoms with Crippen molar-refractivity contribution in [3.8, 4) is 11.5 Å². The maximum Gasteiger partial charge on any atom is 0.290 e. The highest BCUT2D eigenvalue weighted by Gasteiger charge is 2.46. The Hall–Kier alpha value is -3.78. The first-order valence-electron chi connectivity index (χ1n) is 9.94. The highest BCUT2D eigenvalue weighted by atomic mass is 32.2. The van der Waals surface area contributed by atoms with Gasteiger partial charge in [0.1, 0.15) is 4.91 Å². The lowest BCUT2D eigenvalue weighted by Gasteiger charge is -2.27. The third kappa shape index (κ3) is 3.29. The van der Waals surface area contributed by atoms with Crippen LogP contribution in [0.2, 0.25) is 0 Å². The summed E-state index contributed by atoms with van der Waals surface area (Å²) in [6.07, 6.45) is 0. The molecule has 0 aromatic heterocycles. The van der Waals surface area contributed by atoms with Crippen molar-refractivity contribution in [1.82, 2.24) is 4.90 Å². The molecule has 8 heteroatoms. The maximum absolute atomic E-state index is 13.5. The zero-order valence-corrected chi connectivity index (χ0v) is 17.7. The van der Waals surface area contributed by atoms with Crippen LogP contribution in [0.1, 0.15) is 17.2 Å². The number of carbonyl (C=O) groups excluding carboxylic acids is 1. The highest BCUT2D eigenvalue weighted by Crippen LogP contribution is 2.43. The van der Waals surface area contributed by atoms with E-state index < -0.39 is 27.5 Å². The van der Waals surface area contributed by atoms with Crippen LogP contribution in [0, 0.1) is 0 Å². The van der Waals surface area contributed by atoms with Crippen molar-refractivity contribution >= 4 is 15.7 Å². The minimum Gasteiger partial charge on any atom is -0.502 e. The quantitative estimate of drug-likeness (QED) is 0.638. The second-order valence-electron chi connectivity index (χ2n) is 7.46. The smallest absolute Gasteiger partial charge is 0.290 e. The van der Waals surface area contributed by atoms with Crippen LogP contribution in [0.15, 0.2) is 94.4 Å². The molecule has 1 N–H and O–H groups in total. The Balaban J connectivity index is 1.60. The number of carbonyl (C=O) groups is 1. The minimum absolute atomic E-state index is 0.0141. The number of benzene rings is 3. The van der Waals surface area contributed by atoms with Crippen LogP contribution < -0.4 is 9.47 Å². The fourth-order valence-corrected chi connectivity index (χ4v) is 5.66. The number of sulfone groups is 1. The second-order valence-corrected chi connectivity index (χ2v) is 9.38. The number of ether oxygens (including phenoxy) is 2. The largest absolute Gasteiger partial charge is 0.502 e. The number of fused-ring (bicyclic) bond motifs is 1. The van der Waals surface area contributed by atoms with Gasteiger partial charge in [-0.1, -0.05) is 54.6 Å². The van der Waals surface area contributed by atoms with E-state index in [1.165, 1.54) is 17.0 Å². The Labute approximate surface area is 185 Å². The molecule has 2 heterocycles. The van der Waals surface area contributed by atoms with E-state index in [4.69, 9.17) is 9.47 Å². The predicted octanol–water partition coefficient (Wildman–Crippen LogP) is 3.74. The van der Waals surface area contributed by atoms with Gasteiger partial charge in [-0.2, -0.15) is 0 Å². The standard InChI is InChI=1S/C24H19NO6S/c26-22-23(32(28,29)18-9-5-2-6-10-18)21(17-7-3-1-4-8-17)25(24(22)27)14-16-11-12-19-20(13-16)31-15-30-19/h1-13,21,26H,14-15H2/t21-/m0/s1. The molecule has 0 radical (unpaired) electrons. The average Bonchev–Trinajstić information content (AvgIpc) is 3.38. The SMILES string of the molecule is O=C1C(O)=C(S(=O)(=O)c2ccccc2)[C@H](c2ccccc2)N1Cc1ccc2c(c1)OCO2. The molecule has 2 aliphatic rings. The summed E-state index contributed by atoms with van der Waals surface area (Å²) in [4.78, 5) is 14.2. The van der Waals surface area contributed by atoms with E-state index in [1.54, 1.807) is 66.7 Å². The Morgan fingerprint density at radius 3 is 2.28 bits per heavy atom. The van der Waals surface area contributed by atoms with Crippen molar-refractivity contribution in [3.63, 3.8) is 0 Å². The van der Waals surface area contributed by atoms with Gasteiger partial charge >= 0.3 is 0 Å². The molecular weight excluding hydrogens is 430 g/mol. The molecule has 0 spiro atoms. The summed E-state index contributed by atoms with van der Waals surface area (Å²) in [6, 6.07) is 20.9. The third-order valence-corrected chi connectivity index (χ3v) is 7.39. The molecule has 0 aliphatic carbocycles. The van der Waals surface area contributed by atoms with E-state index in [2.05, 4.69) is 0 Å². The van der Waals surface area contributed by atoms with Crippen molar-refractivity contribution < 1.29 is 27.8 Å². The van der Waals surface area contributed by atoms with Gasteiger partial charge in [0.25, 0.3) is 5.91 Å². The number of nitrogens with zero attached hydrogens (tertiary/aromatic N) is 1. The average molecular weight is 449 g/mol. The topological polar surface area (TPSA) is 93.1 Å². The Kier molecular flexibility index (Phi) is 4.86. The summed E-state index contributed by atoms with van der Waals surface area (Å²) in [6.45, 7) is 0.197. The summed E-state index contributed by atoms with van der Waals surface area (Å²) in [5.74, 6) is -0.344. The van der Waals surface area contributed by atoms with Crippen LogP contribution >= 0.6 is 0 Å². The Morgan fingerprint density at radius 1 is 0.906 bits per heavy atom. The van der Waals surface area contributed by atoms with E-state index in [-0.39, 0.29) is 23.1 Å². The molecular formula is C24H19NO6S. The molecule has 3 aromatic carbocycles. The monoisotopic (exact) mass is 449 g/mol.